The Kier molecular flexibility index (Phi) is 6.00. The molecule has 1 unspecified atom stereocenters. The fraction of sp³-hybridized carbons (Fsp3) is 0.348. The lowest BCUT2D eigenvalue weighted by Gasteiger charge is -2.18. The number of pyridine rings is 1. The Morgan fingerprint density at radius 2 is 1.97 bits per heavy atom. The third kappa shape index (κ3) is 4.71. The van der Waals surface area contributed by atoms with Crippen molar-refractivity contribution in [1.29, 1.82) is 0 Å². The highest BCUT2D eigenvalue weighted by Gasteiger charge is 2.27. The van der Waals surface area contributed by atoms with Gasteiger partial charge in [-0.1, -0.05) is 30.3 Å². The molecule has 1 aromatic carbocycles. The molecule has 0 bridgehead atoms. The van der Waals surface area contributed by atoms with Gasteiger partial charge in [-0.15, -0.1) is 0 Å². The van der Waals surface area contributed by atoms with Gasteiger partial charge in [-0.2, -0.15) is 0 Å². The van der Waals surface area contributed by atoms with Gasteiger partial charge in [0.15, 0.2) is 0 Å². The monoisotopic (exact) mass is 390 g/mol. The zero-order valence-corrected chi connectivity index (χ0v) is 16.7. The quantitative estimate of drug-likeness (QED) is 0.621. The summed E-state index contributed by atoms with van der Waals surface area (Å²) in [5, 5.41) is 0. The number of rotatable bonds is 7. The van der Waals surface area contributed by atoms with Crippen LogP contribution in [0.1, 0.15) is 17.7 Å². The zero-order chi connectivity index (χ0) is 20.1. The summed E-state index contributed by atoms with van der Waals surface area (Å²) in [5.74, 6) is 1.45. The van der Waals surface area contributed by atoms with E-state index in [1.807, 2.05) is 53.6 Å². The number of hydrogen-bond donors (Lipinski definition) is 0. The Hall–Kier alpha value is -2.99. The van der Waals surface area contributed by atoms with Crippen molar-refractivity contribution in [3.05, 3.63) is 72.3 Å². The number of amides is 1. The molecular formula is C23H26N4O2. The number of likely N-dealkylation sites (tertiary alicyclic amines) is 1. The summed E-state index contributed by atoms with van der Waals surface area (Å²) < 4.78 is 7.87. The Bertz CT molecular complexity index is 940. The van der Waals surface area contributed by atoms with E-state index in [1.165, 1.54) is 0 Å². The van der Waals surface area contributed by atoms with Crippen molar-refractivity contribution in [1.82, 2.24) is 19.4 Å². The maximum Gasteiger partial charge on any atom is 0.248 e. The summed E-state index contributed by atoms with van der Waals surface area (Å²) >= 11 is 0. The van der Waals surface area contributed by atoms with Gasteiger partial charge < -0.3 is 14.2 Å². The SMILES string of the molecule is Cc1cnc(-c2ccncc2)n1CC1CCN(C(=O)COCc2ccccc2)C1. The van der Waals surface area contributed by atoms with Crippen LogP contribution < -0.4 is 0 Å². The third-order valence-corrected chi connectivity index (χ3v) is 5.41. The molecule has 0 N–H and O–H groups in total. The van der Waals surface area contributed by atoms with Gasteiger partial charge in [0, 0.05) is 49.5 Å². The first-order chi connectivity index (χ1) is 14.2. The Morgan fingerprint density at radius 1 is 1.17 bits per heavy atom. The first-order valence-corrected chi connectivity index (χ1v) is 10.0. The standard InChI is InChI=1S/C23H26N4O2/c1-18-13-25-23(21-7-10-24-11-8-21)27(18)15-20-9-12-26(14-20)22(28)17-29-16-19-5-3-2-4-6-19/h2-8,10-11,13,20H,9,12,14-17H2,1H3. The lowest BCUT2D eigenvalue weighted by Crippen LogP contribution is -2.32. The van der Waals surface area contributed by atoms with E-state index in [-0.39, 0.29) is 12.5 Å². The molecule has 4 rings (SSSR count). The average Bonchev–Trinajstić information content (AvgIpc) is 3.37. The van der Waals surface area contributed by atoms with Crippen LogP contribution in [0.15, 0.2) is 61.1 Å². The van der Waals surface area contributed by atoms with Crippen molar-refractivity contribution >= 4 is 5.91 Å². The predicted octanol–water partition coefficient (Wildman–Crippen LogP) is 3.32. The van der Waals surface area contributed by atoms with E-state index < -0.39 is 0 Å². The van der Waals surface area contributed by atoms with Crippen LogP contribution in [-0.4, -0.2) is 45.0 Å². The zero-order valence-electron chi connectivity index (χ0n) is 16.7. The molecule has 1 amide bonds. The van der Waals surface area contributed by atoms with Gasteiger partial charge in [-0.25, -0.2) is 4.98 Å². The van der Waals surface area contributed by atoms with Crippen molar-refractivity contribution < 1.29 is 9.53 Å². The van der Waals surface area contributed by atoms with E-state index in [2.05, 4.69) is 21.5 Å². The van der Waals surface area contributed by atoms with E-state index in [0.717, 1.165) is 48.7 Å². The smallest absolute Gasteiger partial charge is 0.248 e. The summed E-state index contributed by atoms with van der Waals surface area (Å²) in [7, 11) is 0. The fourth-order valence-corrected chi connectivity index (χ4v) is 3.81. The molecule has 1 saturated heterocycles. The summed E-state index contributed by atoms with van der Waals surface area (Å²) in [6, 6.07) is 13.9. The van der Waals surface area contributed by atoms with Gasteiger partial charge in [-0.05, 0) is 37.0 Å². The van der Waals surface area contributed by atoms with Crippen LogP contribution in [0.5, 0.6) is 0 Å². The normalized spacial score (nSPS) is 16.3. The van der Waals surface area contributed by atoms with Gasteiger partial charge in [0.2, 0.25) is 5.91 Å². The van der Waals surface area contributed by atoms with Crippen molar-refractivity contribution in [3.8, 4) is 11.4 Å². The summed E-state index contributed by atoms with van der Waals surface area (Å²) in [5.41, 5.74) is 3.28. The van der Waals surface area contributed by atoms with Crippen molar-refractivity contribution in [2.24, 2.45) is 5.92 Å². The number of carbonyl (C=O) groups excluding carboxylic acids is 1. The molecule has 2 aromatic heterocycles. The van der Waals surface area contributed by atoms with Gasteiger partial charge in [0.1, 0.15) is 12.4 Å². The van der Waals surface area contributed by atoms with Gasteiger partial charge in [0.05, 0.1) is 6.61 Å². The first-order valence-electron chi connectivity index (χ1n) is 10.0. The number of benzene rings is 1. The molecule has 1 atom stereocenters. The van der Waals surface area contributed by atoms with Gasteiger partial charge >= 0.3 is 0 Å². The minimum Gasteiger partial charge on any atom is -0.367 e. The van der Waals surface area contributed by atoms with Crippen molar-refractivity contribution in [2.75, 3.05) is 19.7 Å². The third-order valence-electron chi connectivity index (χ3n) is 5.41. The highest BCUT2D eigenvalue weighted by Crippen LogP contribution is 2.24. The van der Waals surface area contributed by atoms with Crippen LogP contribution in [-0.2, 0) is 22.7 Å². The highest BCUT2D eigenvalue weighted by molar-refractivity contribution is 5.77. The van der Waals surface area contributed by atoms with Crippen molar-refractivity contribution in [2.45, 2.75) is 26.5 Å². The largest absolute Gasteiger partial charge is 0.367 e. The number of aryl methyl sites for hydroxylation is 1. The topological polar surface area (TPSA) is 60.2 Å². The summed E-state index contributed by atoms with van der Waals surface area (Å²) in [4.78, 5) is 23.1. The van der Waals surface area contributed by atoms with Crippen molar-refractivity contribution in [3.63, 3.8) is 0 Å². The molecule has 0 radical (unpaired) electrons. The number of aromatic nitrogens is 3. The molecule has 0 saturated carbocycles. The molecule has 1 aliphatic heterocycles. The number of ether oxygens (including phenoxy) is 1. The second-order valence-electron chi connectivity index (χ2n) is 7.54. The number of nitrogens with zero attached hydrogens (tertiary/aromatic N) is 4. The van der Waals surface area contributed by atoms with Gasteiger partial charge in [-0.3, -0.25) is 9.78 Å². The minimum absolute atomic E-state index is 0.0696. The van der Waals surface area contributed by atoms with E-state index in [0.29, 0.717) is 12.5 Å². The average molecular weight is 390 g/mol. The van der Waals surface area contributed by atoms with Crippen LogP contribution in [0, 0.1) is 12.8 Å². The number of hydrogen-bond acceptors (Lipinski definition) is 4. The molecule has 3 heterocycles. The minimum atomic E-state index is 0.0696. The molecule has 6 heteroatoms. The second-order valence-corrected chi connectivity index (χ2v) is 7.54. The summed E-state index contributed by atoms with van der Waals surface area (Å²) in [6.45, 7) is 5.09. The van der Waals surface area contributed by atoms with E-state index in [1.54, 1.807) is 12.4 Å². The molecule has 29 heavy (non-hydrogen) atoms. The lowest BCUT2D eigenvalue weighted by molar-refractivity contribution is -0.135. The maximum absolute atomic E-state index is 12.5. The van der Waals surface area contributed by atoms with Crippen LogP contribution in [0.25, 0.3) is 11.4 Å². The number of imidazole rings is 1. The number of carbonyl (C=O) groups is 1. The van der Waals surface area contributed by atoms with Crippen LogP contribution in [0.3, 0.4) is 0 Å². The Balaban J connectivity index is 1.31. The second kappa shape index (κ2) is 9.01. The van der Waals surface area contributed by atoms with Crippen LogP contribution in [0.4, 0.5) is 0 Å². The lowest BCUT2D eigenvalue weighted by atomic mass is 10.1. The van der Waals surface area contributed by atoms with E-state index in [9.17, 15) is 4.79 Å². The molecule has 3 aromatic rings. The maximum atomic E-state index is 12.5. The molecule has 0 spiro atoms. The Morgan fingerprint density at radius 3 is 2.76 bits per heavy atom. The highest BCUT2D eigenvalue weighted by atomic mass is 16.5. The van der Waals surface area contributed by atoms with Crippen LogP contribution >= 0.6 is 0 Å². The van der Waals surface area contributed by atoms with E-state index >= 15 is 0 Å². The molecule has 0 aliphatic carbocycles. The molecule has 1 fully saturated rings. The predicted molar refractivity (Wildman–Crippen MR) is 111 cm³/mol. The Labute approximate surface area is 171 Å². The fourth-order valence-electron chi connectivity index (χ4n) is 3.81. The molecular weight excluding hydrogens is 364 g/mol. The molecule has 6 nitrogen and oxygen atoms in total. The summed E-state index contributed by atoms with van der Waals surface area (Å²) in [6.07, 6.45) is 6.48. The first kappa shape index (κ1) is 19.3. The van der Waals surface area contributed by atoms with Crippen LogP contribution in [0.2, 0.25) is 0 Å². The van der Waals surface area contributed by atoms with E-state index in [4.69, 9.17) is 4.74 Å². The molecule has 1 aliphatic rings. The molecule has 150 valence electrons. The van der Waals surface area contributed by atoms with Gasteiger partial charge in [0.25, 0.3) is 0 Å².